The molecule has 1 aromatic carbocycles. The Hall–Kier alpha value is -2.99. The summed E-state index contributed by atoms with van der Waals surface area (Å²) in [5, 5.41) is 13.2. The standard InChI is InChI=1S/C18H21BrFN7O3/c19-14-2-1-12(20)7-15(14)30-13-3-5-26(6-4-13)18-23-8-11(9-24-18)17(21)25-27(22)10-16(28)29/h1-2,7-9,13H,3-6,10,22H2,(H2,21,25)(H,28,29). The summed E-state index contributed by atoms with van der Waals surface area (Å²) in [6.07, 6.45) is 4.43. The third kappa shape index (κ3) is 5.76. The SMILES string of the molecule is N/C(=N\N(N)CC(=O)O)c1cnc(N2CCC(Oc3cc(F)ccc3Br)CC2)nc1. The molecule has 10 nitrogen and oxygen atoms in total. The number of rotatable bonds is 7. The number of benzene rings is 1. The lowest BCUT2D eigenvalue weighted by molar-refractivity contribution is -0.138. The van der Waals surface area contributed by atoms with Crippen LogP contribution in [0.3, 0.4) is 0 Å². The van der Waals surface area contributed by atoms with Gasteiger partial charge in [-0.3, -0.25) is 4.79 Å². The molecule has 0 unspecified atom stereocenters. The highest BCUT2D eigenvalue weighted by atomic mass is 79.9. The number of halogens is 2. The number of hydrogen-bond acceptors (Lipinski definition) is 8. The van der Waals surface area contributed by atoms with Crippen LogP contribution in [0.5, 0.6) is 5.75 Å². The van der Waals surface area contributed by atoms with E-state index in [4.69, 9.17) is 21.4 Å². The predicted octanol–water partition coefficient (Wildman–Crippen LogP) is 1.31. The summed E-state index contributed by atoms with van der Waals surface area (Å²) in [5.41, 5.74) is 6.23. The highest BCUT2D eigenvalue weighted by Gasteiger charge is 2.23. The molecule has 1 saturated heterocycles. The van der Waals surface area contributed by atoms with Gasteiger partial charge in [-0.15, -0.1) is 5.10 Å². The molecule has 0 atom stereocenters. The van der Waals surface area contributed by atoms with Crippen molar-refractivity contribution < 1.29 is 19.0 Å². The molecule has 0 aliphatic carbocycles. The Morgan fingerprint density at radius 1 is 1.37 bits per heavy atom. The minimum Gasteiger partial charge on any atom is -0.489 e. The summed E-state index contributed by atoms with van der Waals surface area (Å²) in [6, 6.07) is 4.36. The fourth-order valence-electron chi connectivity index (χ4n) is 2.91. The van der Waals surface area contributed by atoms with Crippen molar-refractivity contribution in [3.8, 4) is 5.75 Å². The molecule has 1 aliphatic rings. The lowest BCUT2D eigenvalue weighted by Crippen LogP contribution is -2.39. The number of hydrazone groups is 1. The normalized spacial score (nSPS) is 15.2. The van der Waals surface area contributed by atoms with Crippen molar-refractivity contribution in [2.75, 3.05) is 24.5 Å². The number of nitrogens with two attached hydrogens (primary N) is 2. The van der Waals surface area contributed by atoms with Crippen LogP contribution >= 0.6 is 15.9 Å². The number of piperidine rings is 1. The average Bonchev–Trinajstić information content (AvgIpc) is 2.71. The maximum atomic E-state index is 13.4. The van der Waals surface area contributed by atoms with E-state index >= 15 is 0 Å². The summed E-state index contributed by atoms with van der Waals surface area (Å²) in [6.45, 7) is 0.869. The number of ether oxygens (including phenoxy) is 1. The molecule has 1 aromatic heterocycles. The molecule has 3 rings (SSSR count). The van der Waals surface area contributed by atoms with Gasteiger partial charge in [0.25, 0.3) is 0 Å². The van der Waals surface area contributed by atoms with Crippen LogP contribution < -0.4 is 21.2 Å². The summed E-state index contributed by atoms with van der Waals surface area (Å²) in [4.78, 5) is 21.2. The molecule has 1 aliphatic heterocycles. The molecule has 1 fully saturated rings. The number of aliphatic carboxylic acids is 1. The Balaban J connectivity index is 1.56. The van der Waals surface area contributed by atoms with E-state index in [1.807, 2.05) is 4.90 Å². The molecule has 0 amide bonds. The van der Waals surface area contributed by atoms with Gasteiger partial charge in [0, 0.05) is 44.4 Å². The van der Waals surface area contributed by atoms with Gasteiger partial charge in [0.2, 0.25) is 5.95 Å². The van der Waals surface area contributed by atoms with E-state index in [1.54, 1.807) is 6.07 Å². The number of anilines is 1. The van der Waals surface area contributed by atoms with Crippen molar-refractivity contribution in [2.24, 2.45) is 16.7 Å². The summed E-state index contributed by atoms with van der Waals surface area (Å²) >= 11 is 3.37. The first-order valence-corrected chi connectivity index (χ1v) is 9.88. The topological polar surface area (TPSA) is 143 Å². The lowest BCUT2D eigenvalue weighted by atomic mass is 10.1. The number of nitrogens with zero attached hydrogens (tertiary/aromatic N) is 5. The number of hydrogen-bond donors (Lipinski definition) is 3. The maximum absolute atomic E-state index is 13.4. The Morgan fingerprint density at radius 3 is 2.67 bits per heavy atom. The van der Waals surface area contributed by atoms with Crippen molar-refractivity contribution in [3.63, 3.8) is 0 Å². The predicted molar refractivity (Wildman–Crippen MR) is 111 cm³/mol. The summed E-state index contributed by atoms with van der Waals surface area (Å²) in [5.74, 6) is 5.01. The molecule has 160 valence electrons. The molecule has 2 heterocycles. The van der Waals surface area contributed by atoms with E-state index in [1.165, 1.54) is 24.5 Å². The highest BCUT2D eigenvalue weighted by Crippen LogP contribution is 2.29. The largest absolute Gasteiger partial charge is 0.489 e. The van der Waals surface area contributed by atoms with Gasteiger partial charge in [-0.25, -0.2) is 25.3 Å². The van der Waals surface area contributed by atoms with E-state index in [2.05, 4.69) is 31.0 Å². The second-order valence-electron chi connectivity index (χ2n) is 6.63. The Kier molecular flexibility index (Phi) is 7.00. The minimum atomic E-state index is -1.13. The van der Waals surface area contributed by atoms with Gasteiger partial charge in [0.1, 0.15) is 17.7 Å². The minimum absolute atomic E-state index is 0.0121. The van der Waals surface area contributed by atoms with Gasteiger partial charge in [-0.2, -0.15) is 0 Å². The highest BCUT2D eigenvalue weighted by molar-refractivity contribution is 9.10. The third-order valence-corrected chi connectivity index (χ3v) is 5.03. The number of amidine groups is 1. The molecule has 12 heteroatoms. The van der Waals surface area contributed by atoms with Crippen molar-refractivity contribution in [3.05, 3.63) is 46.4 Å². The van der Waals surface area contributed by atoms with Crippen LogP contribution in [0.2, 0.25) is 0 Å². The fraction of sp³-hybridized carbons (Fsp3) is 0.333. The van der Waals surface area contributed by atoms with Gasteiger partial charge in [0.15, 0.2) is 12.4 Å². The zero-order valence-electron chi connectivity index (χ0n) is 15.9. The van der Waals surface area contributed by atoms with Crippen LogP contribution in [0.25, 0.3) is 0 Å². The number of aromatic nitrogens is 2. The molecule has 0 radical (unpaired) electrons. The van der Waals surface area contributed by atoms with Gasteiger partial charge >= 0.3 is 5.97 Å². The van der Waals surface area contributed by atoms with Crippen LogP contribution in [-0.4, -0.2) is 57.7 Å². The van der Waals surface area contributed by atoms with Crippen LogP contribution in [0.15, 0.2) is 40.2 Å². The molecule has 0 bridgehead atoms. The van der Waals surface area contributed by atoms with Gasteiger partial charge in [-0.1, -0.05) is 0 Å². The van der Waals surface area contributed by atoms with Crippen LogP contribution in [-0.2, 0) is 4.79 Å². The quantitative estimate of drug-likeness (QED) is 0.230. The second-order valence-corrected chi connectivity index (χ2v) is 7.48. The van der Waals surface area contributed by atoms with E-state index in [0.717, 1.165) is 18.0 Å². The van der Waals surface area contributed by atoms with Gasteiger partial charge in [0.05, 0.1) is 10.0 Å². The van der Waals surface area contributed by atoms with Crippen LogP contribution in [0, 0.1) is 5.82 Å². The van der Waals surface area contributed by atoms with E-state index in [-0.39, 0.29) is 17.8 Å². The molecule has 0 spiro atoms. The summed E-state index contributed by atoms with van der Waals surface area (Å²) < 4.78 is 20.1. The molecule has 5 N–H and O–H groups in total. The molecular formula is C18H21BrFN7O3. The van der Waals surface area contributed by atoms with Crippen LogP contribution in [0.1, 0.15) is 18.4 Å². The van der Waals surface area contributed by atoms with Gasteiger partial charge < -0.3 is 20.5 Å². The van der Waals surface area contributed by atoms with Gasteiger partial charge in [-0.05, 0) is 28.1 Å². The average molecular weight is 482 g/mol. The number of hydrazine groups is 1. The second kappa shape index (κ2) is 9.67. The molecule has 0 saturated carbocycles. The zero-order chi connectivity index (χ0) is 21.7. The monoisotopic (exact) mass is 481 g/mol. The first-order valence-electron chi connectivity index (χ1n) is 9.09. The molecule has 30 heavy (non-hydrogen) atoms. The number of carbonyl (C=O) groups is 1. The first kappa shape index (κ1) is 21.7. The van der Waals surface area contributed by atoms with E-state index in [0.29, 0.717) is 34.8 Å². The number of carboxylic acids is 1. The smallest absolute Gasteiger partial charge is 0.326 e. The first-order chi connectivity index (χ1) is 14.3. The van der Waals surface area contributed by atoms with Crippen molar-refractivity contribution in [2.45, 2.75) is 18.9 Å². The third-order valence-electron chi connectivity index (χ3n) is 4.38. The maximum Gasteiger partial charge on any atom is 0.326 e. The zero-order valence-corrected chi connectivity index (χ0v) is 17.5. The van der Waals surface area contributed by atoms with Crippen molar-refractivity contribution in [1.82, 2.24) is 15.1 Å². The molecule has 2 aromatic rings. The summed E-state index contributed by atoms with van der Waals surface area (Å²) in [7, 11) is 0. The van der Waals surface area contributed by atoms with Crippen LogP contribution in [0.4, 0.5) is 10.3 Å². The number of carboxylic acid groups (broad SMARTS) is 1. The van der Waals surface area contributed by atoms with Crippen molar-refractivity contribution >= 4 is 33.7 Å². The Bertz CT molecular complexity index is 920. The Labute approximate surface area is 180 Å². The van der Waals surface area contributed by atoms with E-state index in [9.17, 15) is 9.18 Å². The van der Waals surface area contributed by atoms with Crippen molar-refractivity contribution in [1.29, 1.82) is 0 Å². The van der Waals surface area contributed by atoms with E-state index < -0.39 is 12.5 Å². The lowest BCUT2D eigenvalue weighted by Gasteiger charge is -2.32. The molecular weight excluding hydrogens is 461 g/mol. The fourth-order valence-corrected chi connectivity index (χ4v) is 3.25. The Morgan fingerprint density at radius 2 is 2.03 bits per heavy atom.